The van der Waals surface area contributed by atoms with Gasteiger partial charge in [-0.05, 0) is 42.8 Å². The minimum absolute atomic E-state index is 0.000508. The lowest BCUT2D eigenvalue weighted by Gasteiger charge is -2.38. The molecule has 0 spiro atoms. The molecule has 1 N–H and O–H groups in total. The van der Waals surface area contributed by atoms with Crippen LogP contribution in [-0.4, -0.2) is 39.5 Å². The molecule has 33 heavy (non-hydrogen) atoms. The summed E-state index contributed by atoms with van der Waals surface area (Å²) in [6, 6.07) is 6.87. The van der Waals surface area contributed by atoms with Gasteiger partial charge in [0, 0.05) is 41.2 Å². The lowest BCUT2D eigenvalue weighted by molar-refractivity contribution is -0.139. The fraction of sp³-hybridized carbons (Fsp3) is 0.304. The van der Waals surface area contributed by atoms with Crippen molar-refractivity contribution in [2.45, 2.75) is 26.1 Å². The summed E-state index contributed by atoms with van der Waals surface area (Å²) in [4.78, 5) is 25.2. The number of hydrogen-bond acceptors (Lipinski definition) is 2. The van der Waals surface area contributed by atoms with Crippen molar-refractivity contribution in [2.24, 2.45) is 5.92 Å². The molecule has 3 aromatic rings. The van der Waals surface area contributed by atoms with E-state index in [1.54, 1.807) is 29.8 Å². The number of hydrogen-bond donors (Lipinski definition) is 1. The zero-order chi connectivity index (χ0) is 24.1. The molecule has 0 bridgehead atoms. The highest BCUT2D eigenvalue weighted by atomic mass is 35.5. The van der Waals surface area contributed by atoms with E-state index >= 15 is 0 Å². The largest absolute Gasteiger partial charge is 0.481 e. The second-order valence-corrected chi connectivity index (χ2v) is 9.02. The molecule has 1 fully saturated rings. The summed E-state index contributed by atoms with van der Waals surface area (Å²) in [6.07, 6.45) is -2.78. The van der Waals surface area contributed by atoms with Crippen molar-refractivity contribution < 1.29 is 27.9 Å². The Hall–Kier alpha value is -2.71. The van der Waals surface area contributed by atoms with Crippen molar-refractivity contribution in [1.29, 1.82) is 0 Å². The summed E-state index contributed by atoms with van der Waals surface area (Å²) < 4.78 is 41.2. The van der Waals surface area contributed by atoms with Crippen molar-refractivity contribution in [3.8, 4) is 0 Å². The number of fused-ring (bicyclic) bond motifs is 1. The van der Waals surface area contributed by atoms with Crippen LogP contribution in [0.2, 0.25) is 10.0 Å². The molecular formula is C23H19Cl2F3N2O3. The van der Waals surface area contributed by atoms with Crippen LogP contribution >= 0.6 is 23.2 Å². The molecule has 0 radical (unpaired) electrons. The second-order valence-electron chi connectivity index (χ2n) is 8.23. The number of halogens is 5. The van der Waals surface area contributed by atoms with Gasteiger partial charge in [0.2, 0.25) is 0 Å². The van der Waals surface area contributed by atoms with Gasteiger partial charge >= 0.3 is 12.1 Å². The maximum absolute atomic E-state index is 13.2. The van der Waals surface area contributed by atoms with Crippen LogP contribution in [0.15, 0.2) is 36.5 Å². The zero-order valence-electron chi connectivity index (χ0n) is 17.4. The predicted octanol–water partition coefficient (Wildman–Crippen LogP) is 5.87. The van der Waals surface area contributed by atoms with Gasteiger partial charge in [-0.15, -0.1) is 0 Å². The number of aliphatic carboxylic acids is 1. The smallest absolute Gasteiger partial charge is 0.416 e. The van der Waals surface area contributed by atoms with E-state index in [-0.39, 0.29) is 35.4 Å². The number of aryl methyl sites for hydroxylation is 1. The van der Waals surface area contributed by atoms with E-state index in [0.717, 1.165) is 12.1 Å². The Balaban J connectivity index is 1.63. The van der Waals surface area contributed by atoms with Gasteiger partial charge in [-0.2, -0.15) is 13.2 Å². The summed E-state index contributed by atoms with van der Waals surface area (Å²) in [5, 5.41) is 9.81. The molecule has 1 aliphatic heterocycles. The van der Waals surface area contributed by atoms with Gasteiger partial charge < -0.3 is 14.6 Å². The van der Waals surface area contributed by atoms with E-state index in [2.05, 4.69) is 0 Å². The Morgan fingerprint density at radius 2 is 1.85 bits per heavy atom. The number of benzene rings is 2. The molecule has 1 saturated heterocycles. The van der Waals surface area contributed by atoms with Crippen LogP contribution in [0.5, 0.6) is 0 Å². The molecule has 1 aliphatic rings. The van der Waals surface area contributed by atoms with Gasteiger partial charge in [-0.1, -0.05) is 23.2 Å². The van der Waals surface area contributed by atoms with E-state index in [9.17, 15) is 22.8 Å². The lowest BCUT2D eigenvalue weighted by atomic mass is 9.95. The summed E-state index contributed by atoms with van der Waals surface area (Å²) in [5.74, 6) is -1.31. The second kappa shape index (κ2) is 8.57. The van der Waals surface area contributed by atoms with Gasteiger partial charge in [-0.25, -0.2) is 0 Å². The first-order chi connectivity index (χ1) is 15.5. The number of likely N-dealkylation sites (tertiary alicyclic amines) is 1. The average Bonchev–Trinajstić information content (AvgIpc) is 3.10. The van der Waals surface area contributed by atoms with Crippen LogP contribution < -0.4 is 0 Å². The molecule has 10 heteroatoms. The Labute approximate surface area is 197 Å². The first kappa shape index (κ1) is 23.4. The Morgan fingerprint density at radius 1 is 1.15 bits per heavy atom. The standard InChI is InChI=1S/C23H19Cl2F3N2O3/c1-12-6-15(23(26,27)28)8-14-4-5-29(21(12)14)11-17-18(24)3-2-16(20(17)25)22(33)30-9-13(10-30)7-19(31)32/h2-6,8,13H,7,9-11H2,1H3,(H,31,32). The molecular weight excluding hydrogens is 480 g/mol. The first-order valence-corrected chi connectivity index (χ1v) is 10.9. The summed E-state index contributed by atoms with van der Waals surface area (Å²) in [7, 11) is 0. The molecule has 1 amide bonds. The molecule has 2 heterocycles. The maximum atomic E-state index is 13.2. The highest BCUT2D eigenvalue weighted by Crippen LogP contribution is 2.36. The number of aromatic nitrogens is 1. The van der Waals surface area contributed by atoms with E-state index < -0.39 is 17.7 Å². The zero-order valence-corrected chi connectivity index (χ0v) is 18.9. The minimum atomic E-state index is -4.44. The fourth-order valence-corrected chi connectivity index (χ4v) is 4.80. The number of carboxylic acid groups (broad SMARTS) is 1. The molecule has 1 aromatic heterocycles. The summed E-state index contributed by atoms with van der Waals surface area (Å²) >= 11 is 12.9. The quantitative estimate of drug-likeness (QED) is 0.478. The molecule has 5 nitrogen and oxygen atoms in total. The van der Waals surface area contributed by atoms with Gasteiger partial charge in [0.15, 0.2) is 0 Å². The van der Waals surface area contributed by atoms with E-state index in [4.69, 9.17) is 28.3 Å². The Bertz CT molecular complexity index is 1260. The Kier molecular flexibility index (Phi) is 6.09. The number of carboxylic acids is 1. The molecule has 174 valence electrons. The number of carbonyl (C=O) groups is 2. The molecule has 0 unspecified atom stereocenters. The molecule has 0 atom stereocenters. The highest BCUT2D eigenvalue weighted by molar-refractivity contribution is 6.38. The van der Waals surface area contributed by atoms with E-state index in [0.29, 0.717) is 40.1 Å². The summed E-state index contributed by atoms with van der Waals surface area (Å²) in [6.45, 7) is 2.44. The molecule has 4 rings (SSSR count). The number of carbonyl (C=O) groups excluding carboxylic acids is 1. The van der Waals surface area contributed by atoms with Crippen LogP contribution in [0.4, 0.5) is 13.2 Å². The SMILES string of the molecule is Cc1cc(C(F)(F)F)cc2ccn(Cc3c(Cl)ccc(C(=O)N4CC(CC(=O)O)C4)c3Cl)c12. The van der Waals surface area contributed by atoms with Crippen LogP contribution in [0.3, 0.4) is 0 Å². The van der Waals surface area contributed by atoms with Crippen LogP contribution in [0.25, 0.3) is 10.9 Å². The third kappa shape index (κ3) is 4.54. The van der Waals surface area contributed by atoms with Crippen LogP contribution in [0.1, 0.15) is 33.5 Å². The van der Waals surface area contributed by atoms with Crippen molar-refractivity contribution >= 4 is 46.0 Å². The third-order valence-electron chi connectivity index (χ3n) is 5.83. The van der Waals surface area contributed by atoms with Crippen molar-refractivity contribution in [3.05, 3.63) is 68.8 Å². The lowest BCUT2D eigenvalue weighted by Crippen LogP contribution is -2.50. The van der Waals surface area contributed by atoms with E-state index in [1.165, 1.54) is 11.0 Å². The monoisotopic (exact) mass is 498 g/mol. The maximum Gasteiger partial charge on any atom is 0.416 e. The highest BCUT2D eigenvalue weighted by Gasteiger charge is 2.34. The first-order valence-electron chi connectivity index (χ1n) is 10.1. The van der Waals surface area contributed by atoms with Gasteiger partial charge in [-0.3, -0.25) is 9.59 Å². The van der Waals surface area contributed by atoms with Crippen molar-refractivity contribution in [2.75, 3.05) is 13.1 Å². The molecule has 2 aromatic carbocycles. The Morgan fingerprint density at radius 3 is 2.48 bits per heavy atom. The van der Waals surface area contributed by atoms with Gasteiger partial charge in [0.05, 0.1) is 34.6 Å². The molecule has 0 saturated carbocycles. The van der Waals surface area contributed by atoms with Crippen molar-refractivity contribution in [3.63, 3.8) is 0 Å². The van der Waals surface area contributed by atoms with Gasteiger partial charge in [0.1, 0.15) is 0 Å². The third-order valence-corrected chi connectivity index (χ3v) is 6.62. The average molecular weight is 499 g/mol. The minimum Gasteiger partial charge on any atom is -0.481 e. The number of rotatable bonds is 5. The van der Waals surface area contributed by atoms with Crippen LogP contribution in [0, 0.1) is 12.8 Å². The van der Waals surface area contributed by atoms with E-state index in [1.807, 2.05) is 0 Å². The summed E-state index contributed by atoms with van der Waals surface area (Å²) in [5.41, 5.74) is 1.08. The number of amides is 1. The molecule has 0 aliphatic carbocycles. The number of nitrogens with zero attached hydrogens (tertiary/aromatic N) is 2. The topological polar surface area (TPSA) is 62.5 Å². The van der Waals surface area contributed by atoms with Crippen LogP contribution in [-0.2, 0) is 17.5 Å². The fourth-order valence-electron chi connectivity index (χ4n) is 4.23. The predicted molar refractivity (Wildman–Crippen MR) is 119 cm³/mol. The van der Waals surface area contributed by atoms with Crippen molar-refractivity contribution in [1.82, 2.24) is 9.47 Å². The van der Waals surface area contributed by atoms with Gasteiger partial charge in [0.25, 0.3) is 5.91 Å². The normalized spacial score (nSPS) is 14.5. The number of alkyl halides is 3.